The molecule has 1 radical (unpaired) electrons. The van der Waals surface area contributed by atoms with Crippen LogP contribution in [0, 0.1) is 6.07 Å². The van der Waals surface area contributed by atoms with Crippen LogP contribution in [0.2, 0.25) is 0 Å². The van der Waals surface area contributed by atoms with Gasteiger partial charge in [0.05, 0.1) is 0 Å². The number of oxazole rings is 1. The minimum Gasteiger partial charge on any atom is -0.471 e. The summed E-state index contributed by atoms with van der Waals surface area (Å²) in [4.78, 5) is 3.92. The molecule has 0 atom stereocenters. The third-order valence-corrected chi connectivity index (χ3v) is 1.16. The van der Waals surface area contributed by atoms with Crippen molar-refractivity contribution >= 4 is 11.1 Å². The standard InChI is InChI=1S/C7H4NO.Y/c1-2-4-7-6(3-1)8-5-9-7;/h1-3,5H;/q-1;. The summed E-state index contributed by atoms with van der Waals surface area (Å²) in [6.45, 7) is 0. The van der Waals surface area contributed by atoms with E-state index in [1.807, 2.05) is 12.1 Å². The molecule has 0 aliphatic carbocycles. The van der Waals surface area contributed by atoms with Crippen LogP contribution in [0.1, 0.15) is 0 Å². The third kappa shape index (κ3) is 1.28. The summed E-state index contributed by atoms with van der Waals surface area (Å²) in [6.07, 6.45) is 1.42. The summed E-state index contributed by atoms with van der Waals surface area (Å²) in [5, 5.41) is 0. The van der Waals surface area contributed by atoms with Crippen LogP contribution in [-0.4, -0.2) is 4.98 Å². The van der Waals surface area contributed by atoms with Crippen molar-refractivity contribution < 1.29 is 37.1 Å². The zero-order chi connectivity index (χ0) is 6.10. The van der Waals surface area contributed by atoms with E-state index in [-0.39, 0.29) is 32.7 Å². The molecule has 47 valence electrons. The SMILES string of the molecule is [Y].[c-]1cccc2ncoc12. The molecule has 10 heavy (non-hydrogen) atoms. The summed E-state index contributed by atoms with van der Waals surface area (Å²) in [7, 11) is 0. The molecule has 0 amide bonds. The van der Waals surface area contributed by atoms with Crippen molar-refractivity contribution in [3.63, 3.8) is 0 Å². The predicted octanol–water partition coefficient (Wildman–Crippen LogP) is 1.63. The zero-order valence-corrected chi connectivity index (χ0v) is 8.08. The van der Waals surface area contributed by atoms with Crippen LogP contribution in [0.25, 0.3) is 11.1 Å². The van der Waals surface area contributed by atoms with Gasteiger partial charge in [-0.15, -0.1) is 12.1 Å². The van der Waals surface area contributed by atoms with Crippen molar-refractivity contribution in [1.82, 2.24) is 4.98 Å². The summed E-state index contributed by atoms with van der Waals surface area (Å²) >= 11 is 0. The molecule has 0 aliphatic rings. The Morgan fingerprint density at radius 3 is 3.20 bits per heavy atom. The molecule has 0 saturated heterocycles. The number of benzene rings is 1. The van der Waals surface area contributed by atoms with Gasteiger partial charge in [-0.25, -0.2) is 0 Å². The summed E-state index contributed by atoms with van der Waals surface area (Å²) < 4.78 is 4.95. The Kier molecular flexibility index (Phi) is 2.58. The first-order valence-corrected chi connectivity index (χ1v) is 2.67. The second-order valence-corrected chi connectivity index (χ2v) is 1.74. The van der Waals surface area contributed by atoms with Gasteiger partial charge in [-0.2, -0.15) is 12.1 Å². The van der Waals surface area contributed by atoms with E-state index in [1.165, 1.54) is 6.39 Å². The first-order valence-electron chi connectivity index (χ1n) is 2.67. The molecule has 3 heteroatoms. The largest absolute Gasteiger partial charge is 0.471 e. The number of hydrogen-bond donors (Lipinski definition) is 0. The van der Waals surface area contributed by atoms with Crippen LogP contribution in [-0.2, 0) is 32.7 Å². The predicted molar refractivity (Wildman–Crippen MR) is 32.8 cm³/mol. The van der Waals surface area contributed by atoms with E-state index in [2.05, 4.69) is 11.1 Å². The smallest absolute Gasteiger partial charge is 0.166 e. The maximum Gasteiger partial charge on any atom is 0.166 e. The van der Waals surface area contributed by atoms with E-state index >= 15 is 0 Å². The minimum atomic E-state index is 0. The van der Waals surface area contributed by atoms with Gasteiger partial charge >= 0.3 is 0 Å². The Morgan fingerprint density at radius 2 is 2.40 bits per heavy atom. The van der Waals surface area contributed by atoms with Gasteiger partial charge in [0.1, 0.15) is 0 Å². The van der Waals surface area contributed by atoms with E-state index in [0.29, 0.717) is 0 Å². The van der Waals surface area contributed by atoms with Crippen molar-refractivity contribution in [2.45, 2.75) is 0 Å². The molecular formula is C7H4NOY-. The van der Waals surface area contributed by atoms with Crippen molar-refractivity contribution in [1.29, 1.82) is 0 Å². The third-order valence-electron chi connectivity index (χ3n) is 1.16. The first kappa shape index (κ1) is 7.90. The Balaban J connectivity index is 0.000000500. The zero-order valence-electron chi connectivity index (χ0n) is 5.24. The molecule has 0 aliphatic heterocycles. The fraction of sp³-hybridized carbons (Fsp3) is 0. The Morgan fingerprint density at radius 1 is 1.50 bits per heavy atom. The van der Waals surface area contributed by atoms with E-state index in [0.717, 1.165) is 11.1 Å². The van der Waals surface area contributed by atoms with E-state index < -0.39 is 0 Å². The van der Waals surface area contributed by atoms with Crippen molar-refractivity contribution in [3.05, 3.63) is 30.7 Å². The molecule has 0 N–H and O–H groups in total. The molecule has 1 heterocycles. The van der Waals surface area contributed by atoms with Crippen LogP contribution in [0.4, 0.5) is 0 Å². The fourth-order valence-corrected chi connectivity index (χ4v) is 0.745. The second-order valence-electron chi connectivity index (χ2n) is 1.74. The number of para-hydroxylation sites is 1. The molecule has 0 spiro atoms. The van der Waals surface area contributed by atoms with Crippen LogP contribution < -0.4 is 0 Å². The van der Waals surface area contributed by atoms with Gasteiger partial charge in [0, 0.05) is 38.3 Å². The first-order chi connectivity index (χ1) is 4.47. The molecule has 1 aromatic carbocycles. The number of hydrogen-bond acceptors (Lipinski definition) is 2. The topological polar surface area (TPSA) is 26.0 Å². The summed E-state index contributed by atoms with van der Waals surface area (Å²) in [5.41, 5.74) is 1.58. The minimum absolute atomic E-state index is 0. The van der Waals surface area contributed by atoms with Gasteiger partial charge in [-0.3, -0.25) is 4.98 Å². The van der Waals surface area contributed by atoms with Crippen molar-refractivity contribution in [3.8, 4) is 0 Å². The van der Waals surface area contributed by atoms with E-state index in [1.54, 1.807) is 6.07 Å². The Bertz CT molecular complexity index is 288. The normalized spacial score (nSPS) is 9.20. The number of aromatic nitrogens is 1. The number of nitrogens with zero attached hydrogens (tertiary/aromatic N) is 1. The molecule has 2 rings (SSSR count). The molecule has 1 aromatic heterocycles. The molecule has 0 bridgehead atoms. The molecule has 2 aromatic rings. The summed E-state index contributed by atoms with van der Waals surface area (Å²) in [5.74, 6) is 0. The van der Waals surface area contributed by atoms with Gasteiger partial charge in [0.25, 0.3) is 0 Å². The van der Waals surface area contributed by atoms with Gasteiger partial charge in [-0.1, -0.05) is 0 Å². The van der Waals surface area contributed by atoms with Crippen LogP contribution in [0.3, 0.4) is 0 Å². The quantitative estimate of drug-likeness (QED) is 0.613. The average molecular weight is 207 g/mol. The van der Waals surface area contributed by atoms with Gasteiger partial charge < -0.3 is 4.42 Å². The van der Waals surface area contributed by atoms with Gasteiger partial charge in [0.2, 0.25) is 0 Å². The van der Waals surface area contributed by atoms with Gasteiger partial charge in [0.15, 0.2) is 6.39 Å². The maximum atomic E-state index is 4.95. The maximum absolute atomic E-state index is 4.95. The van der Waals surface area contributed by atoms with Crippen LogP contribution in [0.15, 0.2) is 29.0 Å². The van der Waals surface area contributed by atoms with E-state index in [9.17, 15) is 0 Å². The Labute approximate surface area is 83.5 Å². The molecule has 2 nitrogen and oxygen atoms in total. The molecule has 0 saturated carbocycles. The van der Waals surface area contributed by atoms with E-state index in [4.69, 9.17) is 4.42 Å². The Hall–Kier alpha value is -0.206. The van der Waals surface area contributed by atoms with Crippen molar-refractivity contribution in [2.24, 2.45) is 0 Å². The fourth-order valence-electron chi connectivity index (χ4n) is 0.745. The average Bonchev–Trinajstić information content (AvgIpc) is 2.33. The van der Waals surface area contributed by atoms with Crippen LogP contribution in [0.5, 0.6) is 0 Å². The second kappa shape index (κ2) is 3.26. The molecule has 0 fully saturated rings. The van der Waals surface area contributed by atoms with Crippen LogP contribution >= 0.6 is 0 Å². The number of rotatable bonds is 0. The number of fused-ring (bicyclic) bond motifs is 1. The van der Waals surface area contributed by atoms with Gasteiger partial charge in [-0.05, 0) is 5.52 Å². The molecule has 0 unspecified atom stereocenters. The molecular weight excluding hydrogens is 203 g/mol. The monoisotopic (exact) mass is 207 g/mol. The van der Waals surface area contributed by atoms with Crippen molar-refractivity contribution in [2.75, 3.05) is 0 Å². The summed E-state index contributed by atoms with van der Waals surface area (Å²) in [6, 6.07) is 8.46.